The van der Waals surface area contributed by atoms with Crippen molar-refractivity contribution >= 4 is 5.90 Å². The predicted octanol–water partition coefficient (Wildman–Crippen LogP) is 1.67. The number of benzene rings is 1. The summed E-state index contributed by atoms with van der Waals surface area (Å²) < 4.78 is 10.6. The molecule has 1 heterocycles. The molecule has 0 aliphatic carbocycles. The molecule has 0 atom stereocenters. The van der Waals surface area contributed by atoms with Gasteiger partial charge in [-0.15, -0.1) is 0 Å². The Bertz CT molecular complexity index is 347. The topological polar surface area (TPSA) is 30.8 Å². The molecule has 1 aromatic carbocycles. The highest BCUT2D eigenvalue weighted by Crippen LogP contribution is 2.18. The molecule has 0 N–H and O–H groups in total. The first-order valence-electron chi connectivity index (χ1n) is 4.68. The zero-order valence-corrected chi connectivity index (χ0v) is 8.19. The Balaban J connectivity index is 2.15. The maximum absolute atomic E-state index is 5.35. The van der Waals surface area contributed by atoms with Crippen molar-refractivity contribution in [1.29, 1.82) is 0 Å². The van der Waals surface area contributed by atoms with E-state index < -0.39 is 0 Å². The first-order valence-corrected chi connectivity index (χ1v) is 4.68. The van der Waals surface area contributed by atoms with Gasteiger partial charge in [-0.3, -0.25) is 4.99 Å². The van der Waals surface area contributed by atoms with Gasteiger partial charge in [0, 0.05) is 5.56 Å². The van der Waals surface area contributed by atoms with Crippen LogP contribution in [0.1, 0.15) is 5.56 Å². The van der Waals surface area contributed by atoms with E-state index in [1.807, 2.05) is 24.3 Å². The van der Waals surface area contributed by atoms with Gasteiger partial charge in [0.2, 0.25) is 0 Å². The van der Waals surface area contributed by atoms with E-state index in [1.54, 1.807) is 7.11 Å². The Morgan fingerprint density at radius 1 is 1.43 bits per heavy atom. The molecular weight excluding hydrogens is 178 g/mol. The van der Waals surface area contributed by atoms with Crippen molar-refractivity contribution < 1.29 is 9.47 Å². The van der Waals surface area contributed by atoms with Crippen LogP contribution in [0.15, 0.2) is 29.3 Å². The molecular formula is C11H13NO2. The molecule has 0 fully saturated rings. The minimum absolute atomic E-state index is 0.713. The molecule has 1 aromatic rings. The molecule has 0 spiro atoms. The Labute approximate surface area is 83.4 Å². The average Bonchev–Trinajstić information content (AvgIpc) is 2.71. The van der Waals surface area contributed by atoms with E-state index in [0.29, 0.717) is 6.61 Å². The summed E-state index contributed by atoms with van der Waals surface area (Å²) in [6.45, 7) is 1.50. The predicted molar refractivity (Wildman–Crippen MR) is 55.0 cm³/mol. The third kappa shape index (κ3) is 1.87. The zero-order chi connectivity index (χ0) is 9.80. The fraction of sp³-hybridized carbons (Fsp3) is 0.364. The van der Waals surface area contributed by atoms with Crippen LogP contribution in [-0.4, -0.2) is 26.2 Å². The Morgan fingerprint density at radius 3 is 3.00 bits per heavy atom. The lowest BCUT2D eigenvalue weighted by atomic mass is 10.1. The third-order valence-corrected chi connectivity index (χ3v) is 2.18. The third-order valence-electron chi connectivity index (χ3n) is 2.18. The lowest BCUT2D eigenvalue weighted by Gasteiger charge is -2.07. The first kappa shape index (κ1) is 9.06. The molecule has 3 nitrogen and oxygen atoms in total. The van der Waals surface area contributed by atoms with Gasteiger partial charge in [-0.05, 0) is 6.07 Å². The van der Waals surface area contributed by atoms with Gasteiger partial charge in [0.1, 0.15) is 12.4 Å². The van der Waals surface area contributed by atoms with Gasteiger partial charge in [-0.25, -0.2) is 0 Å². The van der Waals surface area contributed by atoms with Crippen LogP contribution in [0.2, 0.25) is 0 Å². The number of para-hydroxylation sites is 1. The van der Waals surface area contributed by atoms with Crippen molar-refractivity contribution in [3.63, 3.8) is 0 Å². The van der Waals surface area contributed by atoms with E-state index in [1.165, 1.54) is 0 Å². The molecule has 0 unspecified atom stereocenters. The highest BCUT2D eigenvalue weighted by molar-refractivity contribution is 5.80. The standard InChI is InChI=1S/C11H13NO2/c1-13-10-5-3-2-4-9(10)8-11-12-6-7-14-11/h2-5H,6-8H2,1H3. The van der Waals surface area contributed by atoms with Crippen LogP contribution >= 0.6 is 0 Å². The zero-order valence-electron chi connectivity index (χ0n) is 8.19. The number of hydrogen-bond donors (Lipinski definition) is 0. The second-order valence-corrected chi connectivity index (χ2v) is 3.11. The fourth-order valence-electron chi connectivity index (χ4n) is 1.50. The van der Waals surface area contributed by atoms with Crippen LogP contribution in [-0.2, 0) is 11.2 Å². The van der Waals surface area contributed by atoms with Crippen LogP contribution < -0.4 is 4.74 Å². The number of ether oxygens (including phenoxy) is 2. The smallest absolute Gasteiger partial charge is 0.188 e. The average molecular weight is 191 g/mol. The van der Waals surface area contributed by atoms with Gasteiger partial charge in [0.25, 0.3) is 0 Å². The van der Waals surface area contributed by atoms with E-state index >= 15 is 0 Å². The summed E-state index contributed by atoms with van der Waals surface area (Å²) in [6, 6.07) is 7.93. The summed E-state index contributed by atoms with van der Waals surface area (Å²) >= 11 is 0. The molecule has 0 saturated heterocycles. The highest BCUT2D eigenvalue weighted by Gasteiger charge is 2.10. The van der Waals surface area contributed by atoms with Crippen LogP contribution in [0.3, 0.4) is 0 Å². The maximum Gasteiger partial charge on any atom is 0.188 e. The number of nitrogens with zero attached hydrogens (tertiary/aromatic N) is 1. The van der Waals surface area contributed by atoms with Gasteiger partial charge in [0.05, 0.1) is 20.1 Å². The molecule has 0 bridgehead atoms. The quantitative estimate of drug-likeness (QED) is 0.727. The number of aliphatic imine (C=N–C) groups is 1. The molecule has 2 rings (SSSR count). The van der Waals surface area contributed by atoms with Crippen molar-refractivity contribution in [1.82, 2.24) is 0 Å². The lowest BCUT2D eigenvalue weighted by Crippen LogP contribution is -2.04. The first-order chi connectivity index (χ1) is 6.90. The fourth-order valence-corrected chi connectivity index (χ4v) is 1.50. The summed E-state index contributed by atoms with van der Waals surface area (Å²) in [5, 5.41) is 0. The van der Waals surface area contributed by atoms with Gasteiger partial charge < -0.3 is 9.47 Å². The monoisotopic (exact) mass is 191 g/mol. The molecule has 0 saturated carbocycles. The molecule has 0 radical (unpaired) electrons. The summed E-state index contributed by atoms with van der Waals surface area (Å²) in [5.74, 6) is 1.71. The molecule has 1 aliphatic rings. The Kier molecular flexibility index (Phi) is 2.68. The molecule has 74 valence electrons. The van der Waals surface area contributed by atoms with E-state index in [9.17, 15) is 0 Å². The van der Waals surface area contributed by atoms with Crippen molar-refractivity contribution in [2.75, 3.05) is 20.3 Å². The van der Waals surface area contributed by atoms with E-state index in [4.69, 9.17) is 9.47 Å². The summed E-state index contributed by atoms with van der Waals surface area (Å²) in [6.07, 6.45) is 0.726. The largest absolute Gasteiger partial charge is 0.496 e. The molecule has 14 heavy (non-hydrogen) atoms. The highest BCUT2D eigenvalue weighted by atomic mass is 16.5. The van der Waals surface area contributed by atoms with Gasteiger partial charge in [-0.2, -0.15) is 0 Å². The summed E-state index contributed by atoms with van der Waals surface area (Å²) in [4.78, 5) is 4.25. The van der Waals surface area contributed by atoms with Crippen LogP contribution in [0.5, 0.6) is 5.75 Å². The van der Waals surface area contributed by atoms with Crippen molar-refractivity contribution in [3.05, 3.63) is 29.8 Å². The van der Waals surface area contributed by atoms with E-state index in [-0.39, 0.29) is 0 Å². The molecule has 3 heteroatoms. The van der Waals surface area contributed by atoms with Crippen LogP contribution in [0.25, 0.3) is 0 Å². The van der Waals surface area contributed by atoms with Crippen LogP contribution in [0, 0.1) is 0 Å². The minimum Gasteiger partial charge on any atom is -0.496 e. The summed E-state index contributed by atoms with van der Waals surface area (Å²) in [7, 11) is 1.68. The number of hydrogen-bond acceptors (Lipinski definition) is 3. The van der Waals surface area contributed by atoms with Crippen molar-refractivity contribution in [2.24, 2.45) is 4.99 Å². The second-order valence-electron chi connectivity index (χ2n) is 3.11. The lowest BCUT2D eigenvalue weighted by molar-refractivity contribution is 0.339. The van der Waals surface area contributed by atoms with Gasteiger partial charge in [-0.1, -0.05) is 18.2 Å². The Morgan fingerprint density at radius 2 is 2.29 bits per heavy atom. The van der Waals surface area contributed by atoms with E-state index in [0.717, 1.165) is 30.2 Å². The second kappa shape index (κ2) is 4.13. The molecule has 0 amide bonds. The molecule has 0 aromatic heterocycles. The normalized spacial score (nSPS) is 14.8. The maximum atomic E-state index is 5.35. The van der Waals surface area contributed by atoms with Crippen molar-refractivity contribution in [2.45, 2.75) is 6.42 Å². The van der Waals surface area contributed by atoms with E-state index in [2.05, 4.69) is 4.99 Å². The van der Waals surface area contributed by atoms with Gasteiger partial charge in [0.15, 0.2) is 5.90 Å². The number of rotatable bonds is 3. The minimum atomic E-state index is 0.713. The molecule has 1 aliphatic heterocycles. The summed E-state index contributed by atoms with van der Waals surface area (Å²) in [5.41, 5.74) is 1.12. The SMILES string of the molecule is COc1ccccc1CC1=NCCO1. The van der Waals surface area contributed by atoms with Gasteiger partial charge >= 0.3 is 0 Å². The van der Waals surface area contributed by atoms with Crippen LogP contribution in [0.4, 0.5) is 0 Å². The van der Waals surface area contributed by atoms with Crippen molar-refractivity contribution in [3.8, 4) is 5.75 Å². The number of methoxy groups -OCH3 is 1. The Hall–Kier alpha value is -1.51.